The number of hydrogen-bond acceptors (Lipinski definition) is 1. The fraction of sp³-hybridized carbons (Fsp3) is 0.312. The number of allylic oxidation sites excluding steroid dienone is 4. The molecule has 0 spiro atoms. The van der Waals surface area contributed by atoms with Gasteiger partial charge in [0.05, 0.1) is 5.41 Å². The Balaban J connectivity index is 2.60. The number of rotatable bonds is 2. The summed E-state index contributed by atoms with van der Waals surface area (Å²) in [7, 11) is 0. The Labute approximate surface area is 103 Å². The standard InChI is InChI=1S/C16H18O/c1-12-9-13(2)16(11-17,14(3)10-12)15-7-5-4-6-8-15/h4-11,13H,1-3H3. The second-order valence-corrected chi connectivity index (χ2v) is 4.88. The largest absolute Gasteiger partial charge is 0.302 e. The van der Waals surface area contributed by atoms with Gasteiger partial charge in [-0.05, 0) is 25.3 Å². The number of hydrogen-bond donors (Lipinski definition) is 0. The molecule has 2 rings (SSSR count). The Bertz CT molecular complexity index is 482. The van der Waals surface area contributed by atoms with Gasteiger partial charge in [-0.25, -0.2) is 0 Å². The van der Waals surface area contributed by atoms with Gasteiger partial charge in [-0.15, -0.1) is 0 Å². The summed E-state index contributed by atoms with van der Waals surface area (Å²) in [6.07, 6.45) is 5.39. The highest BCUT2D eigenvalue weighted by molar-refractivity contribution is 5.76. The van der Waals surface area contributed by atoms with Crippen LogP contribution in [0.15, 0.2) is 53.6 Å². The monoisotopic (exact) mass is 226 g/mol. The molecule has 1 aromatic carbocycles. The normalized spacial score (nSPS) is 28.3. The van der Waals surface area contributed by atoms with E-state index < -0.39 is 5.41 Å². The van der Waals surface area contributed by atoms with Gasteiger partial charge in [0, 0.05) is 0 Å². The maximum Gasteiger partial charge on any atom is 0.135 e. The minimum atomic E-state index is -0.485. The highest BCUT2D eigenvalue weighted by Gasteiger charge is 2.40. The molecule has 0 saturated carbocycles. The molecule has 1 nitrogen and oxygen atoms in total. The molecule has 2 unspecified atom stereocenters. The molecule has 0 aliphatic heterocycles. The van der Waals surface area contributed by atoms with E-state index in [9.17, 15) is 4.79 Å². The first kappa shape index (κ1) is 11.8. The third-order valence-electron chi connectivity index (χ3n) is 3.77. The maximum atomic E-state index is 11.7. The summed E-state index contributed by atoms with van der Waals surface area (Å²) in [4.78, 5) is 11.7. The van der Waals surface area contributed by atoms with E-state index in [0.29, 0.717) is 0 Å². The predicted molar refractivity (Wildman–Crippen MR) is 70.9 cm³/mol. The van der Waals surface area contributed by atoms with Crippen LogP contribution in [0.3, 0.4) is 0 Å². The van der Waals surface area contributed by atoms with Crippen molar-refractivity contribution in [3.8, 4) is 0 Å². The van der Waals surface area contributed by atoms with Crippen molar-refractivity contribution in [1.82, 2.24) is 0 Å². The van der Waals surface area contributed by atoms with Crippen LogP contribution >= 0.6 is 0 Å². The molecule has 0 fully saturated rings. The number of aldehydes is 1. The second-order valence-electron chi connectivity index (χ2n) is 4.88. The van der Waals surface area contributed by atoms with Crippen LogP contribution in [-0.4, -0.2) is 6.29 Å². The van der Waals surface area contributed by atoms with Crippen LogP contribution in [0.4, 0.5) is 0 Å². The molecule has 88 valence electrons. The summed E-state index contributed by atoms with van der Waals surface area (Å²) in [5.41, 5.74) is 2.97. The summed E-state index contributed by atoms with van der Waals surface area (Å²) in [6.45, 7) is 6.25. The van der Waals surface area contributed by atoms with Crippen molar-refractivity contribution in [2.24, 2.45) is 5.92 Å². The van der Waals surface area contributed by atoms with Gasteiger partial charge in [0.15, 0.2) is 0 Å². The van der Waals surface area contributed by atoms with Gasteiger partial charge in [-0.3, -0.25) is 0 Å². The molecule has 0 N–H and O–H groups in total. The maximum absolute atomic E-state index is 11.7. The number of carbonyl (C=O) groups is 1. The molecule has 1 aliphatic rings. The van der Waals surface area contributed by atoms with Crippen molar-refractivity contribution in [2.45, 2.75) is 26.2 Å². The van der Waals surface area contributed by atoms with Crippen LogP contribution in [0, 0.1) is 5.92 Å². The van der Waals surface area contributed by atoms with Gasteiger partial charge in [0.2, 0.25) is 0 Å². The topological polar surface area (TPSA) is 17.1 Å². The highest BCUT2D eigenvalue weighted by atomic mass is 16.1. The smallest absolute Gasteiger partial charge is 0.135 e. The Morgan fingerprint density at radius 3 is 2.35 bits per heavy atom. The molecule has 0 amide bonds. The molecule has 1 aromatic rings. The van der Waals surface area contributed by atoms with Crippen LogP contribution < -0.4 is 0 Å². The summed E-state index contributed by atoms with van der Waals surface area (Å²) < 4.78 is 0. The predicted octanol–water partition coefficient (Wildman–Crippen LogP) is 3.67. The third-order valence-corrected chi connectivity index (χ3v) is 3.77. The Kier molecular flexibility index (Phi) is 3.01. The van der Waals surface area contributed by atoms with Crippen molar-refractivity contribution >= 4 is 6.29 Å². The Morgan fingerprint density at radius 1 is 1.18 bits per heavy atom. The summed E-state index contributed by atoms with van der Waals surface area (Å²) in [5.74, 6) is 0.201. The van der Waals surface area contributed by atoms with Gasteiger partial charge in [0.25, 0.3) is 0 Å². The fourth-order valence-corrected chi connectivity index (χ4v) is 2.87. The summed E-state index contributed by atoms with van der Waals surface area (Å²) >= 11 is 0. The highest BCUT2D eigenvalue weighted by Crippen LogP contribution is 2.41. The van der Waals surface area contributed by atoms with Gasteiger partial charge in [-0.1, -0.05) is 60.6 Å². The van der Waals surface area contributed by atoms with Crippen molar-refractivity contribution in [3.05, 3.63) is 59.2 Å². The van der Waals surface area contributed by atoms with Crippen molar-refractivity contribution in [3.63, 3.8) is 0 Å². The lowest BCUT2D eigenvalue weighted by atomic mass is 9.64. The second kappa shape index (κ2) is 4.33. The number of benzene rings is 1. The van der Waals surface area contributed by atoms with Gasteiger partial charge >= 0.3 is 0 Å². The lowest BCUT2D eigenvalue weighted by Gasteiger charge is -2.37. The van der Waals surface area contributed by atoms with E-state index in [-0.39, 0.29) is 5.92 Å². The van der Waals surface area contributed by atoms with Crippen molar-refractivity contribution in [1.29, 1.82) is 0 Å². The van der Waals surface area contributed by atoms with E-state index in [1.54, 1.807) is 0 Å². The Morgan fingerprint density at radius 2 is 1.82 bits per heavy atom. The van der Waals surface area contributed by atoms with E-state index in [2.05, 4.69) is 32.9 Å². The Hall–Kier alpha value is -1.63. The minimum absolute atomic E-state index is 0.201. The van der Waals surface area contributed by atoms with Crippen LogP contribution in [0.5, 0.6) is 0 Å². The third kappa shape index (κ3) is 1.76. The molecular formula is C16H18O. The van der Waals surface area contributed by atoms with Crippen LogP contribution in [0.2, 0.25) is 0 Å². The lowest BCUT2D eigenvalue weighted by molar-refractivity contribution is -0.112. The van der Waals surface area contributed by atoms with Crippen LogP contribution in [-0.2, 0) is 10.2 Å². The van der Waals surface area contributed by atoms with Gasteiger partial charge in [-0.2, -0.15) is 0 Å². The molecule has 17 heavy (non-hydrogen) atoms. The number of carbonyl (C=O) groups excluding carboxylic acids is 1. The minimum Gasteiger partial charge on any atom is -0.302 e. The van der Waals surface area contributed by atoms with Crippen molar-refractivity contribution in [2.75, 3.05) is 0 Å². The summed E-state index contributed by atoms with van der Waals surface area (Å²) in [6, 6.07) is 10.0. The first-order valence-corrected chi connectivity index (χ1v) is 6.00. The molecule has 1 heteroatoms. The zero-order chi connectivity index (χ0) is 12.5. The SMILES string of the molecule is CC1=CC(C)C(C=O)(c2ccccc2)C(C)=C1. The molecule has 0 bridgehead atoms. The average molecular weight is 226 g/mol. The molecule has 1 aliphatic carbocycles. The van der Waals surface area contributed by atoms with Gasteiger partial charge < -0.3 is 4.79 Å². The molecule has 0 aromatic heterocycles. The van der Waals surface area contributed by atoms with Crippen LogP contribution in [0.1, 0.15) is 26.3 Å². The molecule has 0 saturated heterocycles. The van der Waals surface area contributed by atoms with E-state index in [1.807, 2.05) is 30.3 Å². The molecule has 2 atom stereocenters. The quantitative estimate of drug-likeness (QED) is 0.703. The van der Waals surface area contributed by atoms with Crippen LogP contribution in [0.25, 0.3) is 0 Å². The average Bonchev–Trinajstić information content (AvgIpc) is 2.30. The molecule has 0 radical (unpaired) electrons. The van der Waals surface area contributed by atoms with E-state index in [1.165, 1.54) is 5.57 Å². The fourth-order valence-electron chi connectivity index (χ4n) is 2.87. The van der Waals surface area contributed by atoms with E-state index in [4.69, 9.17) is 0 Å². The lowest BCUT2D eigenvalue weighted by Crippen LogP contribution is -2.37. The zero-order valence-electron chi connectivity index (χ0n) is 10.6. The molecular weight excluding hydrogens is 208 g/mol. The van der Waals surface area contributed by atoms with E-state index >= 15 is 0 Å². The van der Waals surface area contributed by atoms with Crippen molar-refractivity contribution < 1.29 is 4.79 Å². The van der Waals surface area contributed by atoms with E-state index in [0.717, 1.165) is 17.4 Å². The first-order valence-electron chi connectivity index (χ1n) is 6.00. The molecule has 0 heterocycles. The zero-order valence-corrected chi connectivity index (χ0v) is 10.6. The summed E-state index contributed by atoms with van der Waals surface area (Å²) in [5, 5.41) is 0. The first-order chi connectivity index (χ1) is 8.11. The van der Waals surface area contributed by atoms with Gasteiger partial charge in [0.1, 0.15) is 6.29 Å².